The Morgan fingerprint density at radius 3 is 2.70 bits per heavy atom. The van der Waals surface area contributed by atoms with Gasteiger partial charge in [0.25, 0.3) is 5.69 Å². The highest BCUT2D eigenvalue weighted by molar-refractivity contribution is 5.95. The molecular weight excluding hydrogens is 302 g/mol. The van der Waals surface area contributed by atoms with Crippen molar-refractivity contribution in [2.24, 2.45) is 0 Å². The van der Waals surface area contributed by atoms with Crippen molar-refractivity contribution < 1.29 is 14.8 Å². The van der Waals surface area contributed by atoms with Crippen molar-refractivity contribution in [3.8, 4) is 11.1 Å². The second-order valence-corrected chi connectivity index (χ2v) is 4.91. The van der Waals surface area contributed by atoms with Gasteiger partial charge in [0.1, 0.15) is 11.4 Å². The predicted octanol–water partition coefficient (Wildman–Crippen LogP) is 1.89. The predicted molar refractivity (Wildman–Crippen MR) is 81.2 cm³/mol. The number of nitrogen functional groups attached to an aromatic ring is 1. The van der Waals surface area contributed by atoms with Gasteiger partial charge in [-0.25, -0.2) is 9.78 Å². The fraction of sp³-hybridized carbons (Fsp3) is 0.0714. The molecule has 1 aromatic carbocycles. The van der Waals surface area contributed by atoms with Crippen LogP contribution in [-0.4, -0.2) is 30.6 Å². The standard InChI is InChI=1S/C14H11N5O4/c1-7-4-8(19(22)23)2-3-9(7)10-5-16-13-11(14(20)21)6-17-18(13)12(10)15/h2-6H,15H2,1H3,(H,20,21). The van der Waals surface area contributed by atoms with E-state index in [1.54, 1.807) is 13.0 Å². The van der Waals surface area contributed by atoms with Crippen LogP contribution in [0.5, 0.6) is 0 Å². The second-order valence-electron chi connectivity index (χ2n) is 4.91. The number of anilines is 1. The number of carboxylic acids is 1. The van der Waals surface area contributed by atoms with E-state index in [2.05, 4.69) is 10.1 Å². The summed E-state index contributed by atoms with van der Waals surface area (Å²) in [5.74, 6) is -0.939. The first-order valence-electron chi connectivity index (χ1n) is 6.51. The normalized spacial score (nSPS) is 10.8. The summed E-state index contributed by atoms with van der Waals surface area (Å²) in [6, 6.07) is 4.39. The van der Waals surface area contributed by atoms with E-state index in [4.69, 9.17) is 10.8 Å². The maximum absolute atomic E-state index is 11.1. The minimum atomic E-state index is -1.15. The molecule has 3 aromatic rings. The first-order chi connectivity index (χ1) is 10.9. The lowest BCUT2D eigenvalue weighted by molar-refractivity contribution is -0.384. The third-order valence-electron chi connectivity index (χ3n) is 3.51. The molecule has 0 unspecified atom stereocenters. The third kappa shape index (κ3) is 2.24. The zero-order valence-corrected chi connectivity index (χ0v) is 11.9. The fourth-order valence-corrected chi connectivity index (χ4v) is 2.37. The Balaban J connectivity index is 2.20. The molecular formula is C14H11N5O4. The number of benzene rings is 1. The number of nitrogens with zero attached hydrogens (tertiary/aromatic N) is 4. The molecule has 23 heavy (non-hydrogen) atoms. The highest BCUT2D eigenvalue weighted by atomic mass is 16.6. The van der Waals surface area contributed by atoms with Gasteiger partial charge in [-0.15, -0.1) is 0 Å². The summed E-state index contributed by atoms with van der Waals surface area (Å²) >= 11 is 0. The number of carbonyl (C=O) groups is 1. The number of fused-ring (bicyclic) bond motifs is 1. The molecule has 0 spiro atoms. The van der Waals surface area contributed by atoms with Crippen molar-refractivity contribution in [2.75, 3.05) is 5.73 Å². The van der Waals surface area contributed by atoms with E-state index in [1.165, 1.54) is 29.0 Å². The maximum atomic E-state index is 11.1. The quantitative estimate of drug-likeness (QED) is 0.556. The van der Waals surface area contributed by atoms with Gasteiger partial charge in [0.15, 0.2) is 5.65 Å². The van der Waals surface area contributed by atoms with E-state index in [9.17, 15) is 14.9 Å². The number of carboxylic acid groups (broad SMARTS) is 1. The van der Waals surface area contributed by atoms with Gasteiger partial charge in [0.2, 0.25) is 0 Å². The molecule has 0 radical (unpaired) electrons. The van der Waals surface area contributed by atoms with Gasteiger partial charge in [-0.2, -0.15) is 9.61 Å². The molecule has 0 saturated heterocycles. The number of aryl methyl sites for hydroxylation is 1. The lowest BCUT2D eigenvalue weighted by Crippen LogP contribution is -2.05. The van der Waals surface area contributed by atoms with Gasteiger partial charge >= 0.3 is 5.97 Å². The van der Waals surface area contributed by atoms with Crippen LogP contribution in [0.2, 0.25) is 0 Å². The molecule has 0 atom stereocenters. The summed E-state index contributed by atoms with van der Waals surface area (Å²) in [6.45, 7) is 1.72. The zero-order chi connectivity index (χ0) is 16.7. The molecule has 0 bridgehead atoms. The highest BCUT2D eigenvalue weighted by Crippen LogP contribution is 2.31. The summed E-state index contributed by atoms with van der Waals surface area (Å²) in [5.41, 5.74) is 7.96. The fourth-order valence-electron chi connectivity index (χ4n) is 2.37. The van der Waals surface area contributed by atoms with Crippen LogP contribution in [0.25, 0.3) is 16.8 Å². The smallest absolute Gasteiger partial charge is 0.341 e. The molecule has 0 aliphatic carbocycles. The van der Waals surface area contributed by atoms with Crippen LogP contribution in [0, 0.1) is 17.0 Å². The van der Waals surface area contributed by atoms with Gasteiger partial charge in [-0.3, -0.25) is 10.1 Å². The van der Waals surface area contributed by atoms with E-state index in [1.807, 2.05) is 0 Å². The number of nitro benzene ring substituents is 1. The molecule has 9 nitrogen and oxygen atoms in total. The molecule has 0 fully saturated rings. The van der Waals surface area contributed by atoms with E-state index in [-0.39, 0.29) is 22.7 Å². The zero-order valence-electron chi connectivity index (χ0n) is 11.9. The van der Waals surface area contributed by atoms with Gasteiger partial charge < -0.3 is 10.8 Å². The number of rotatable bonds is 3. The molecule has 3 rings (SSSR count). The van der Waals surface area contributed by atoms with Crippen LogP contribution in [0.1, 0.15) is 15.9 Å². The molecule has 0 saturated carbocycles. The maximum Gasteiger partial charge on any atom is 0.341 e. The van der Waals surface area contributed by atoms with Crippen molar-refractivity contribution in [3.63, 3.8) is 0 Å². The number of non-ortho nitro benzene ring substituents is 1. The van der Waals surface area contributed by atoms with E-state index in [0.29, 0.717) is 16.7 Å². The van der Waals surface area contributed by atoms with Gasteiger partial charge in [-0.05, 0) is 24.1 Å². The van der Waals surface area contributed by atoms with E-state index < -0.39 is 10.9 Å². The Labute approximate surface area is 129 Å². The SMILES string of the molecule is Cc1cc([N+](=O)[O-])ccc1-c1cnc2c(C(=O)O)cnn2c1N. The summed E-state index contributed by atoms with van der Waals surface area (Å²) < 4.78 is 1.24. The Morgan fingerprint density at radius 1 is 1.35 bits per heavy atom. The molecule has 2 aromatic heterocycles. The summed E-state index contributed by atoms with van der Waals surface area (Å²) in [5, 5.41) is 23.8. The van der Waals surface area contributed by atoms with Crippen LogP contribution in [0.4, 0.5) is 11.5 Å². The topological polar surface area (TPSA) is 137 Å². The number of aromatic nitrogens is 3. The summed E-state index contributed by atoms with van der Waals surface area (Å²) in [4.78, 5) is 25.5. The highest BCUT2D eigenvalue weighted by Gasteiger charge is 2.18. The van der Waals surface area contributed by atoms with Crippen molar-refractivity contribution >= 4 is 23.1 Å². The summed E-state index contributed by atoms with van der Waals surface area (Å²) in [6.07, 6.45) is 2.61. The van der Waals surface area contributed by atoms with E-state index >= 15 is 0 Å². The largest absolute Gasteiger partial charge is 0.477 e. The lowest BCUT2D eigenvalue weighted by atomic mass is 10.0. The lowest BCUT2D eigenvalue weighted by Gasteiger charge is -2.10. The first-order valence-corrected chi connectivity index (χ1v) is 6.51. The minimum Gasteiger partial charge on any atom is -0.477 e. The van der Waals surface area contributed by atoms with Crippen LogP contribution >= 0.6 is 0 Å². The Bertz CT molecular complexity index is 963. The van der Waals surface area contributed by atoms with Crippen LogP contribution in [0.15, 0.2) is 30.6 Å². The van der Waals surface area contributed by atoms with Crippen LogP contribution in [0.3, 0.4) is 0 Å². The Kier molecular flexibility index (Phi) is 3.17. The molecule has 0 aliphatic rings. The van der Waals surface area contributed by atoms with Crippen LogP contribution in [-0.2, 0) is 0 Å². The molecule has 3 N–H and O–H groups in total. The number of nitrogens with two attached hydrogens (primary N) is 1. The van der Waals surface area contributed by atoms with E-state index in [0.717, 1.165) is 0 Å². The Hall–Kier alpha value is -3.49. The third-order valence-corrected chi connectivity index (χ3v) is 3.51. The van der Waals surface area contributed by atoms with Gasteiger partial charge in [-0.1, -0.05) is 0 Å². The monoisotopic (exact) mass is 313 g/mol. The molecule has 9 heteroatoms. The van der Waals surface area contributed by atoms with Crippen molar-refractivity contribution in [3.05, 3.63) is 51.8 Å². The molecule has 2 heterocycles. The number of hydrogen-bond donors (Lipinski definition) is 2. The first kappa shape index (κ1) is 14.4. The second kappa shape index (κ2) is 5.05. The van der Waals surface area contributed by atoms with Crippen molar-refractivity contribution in [2.45, 2.75) is 6.92 Å². The summed E-state index contributed by atoms with van der Waals surface area (Å²) in [7, 11) is 0. The van der Waals surface area contributed by atoms with Gasteiger partial charge in [0.05, 0.1) is 11.1 Å². The minimum absolute atomic E-state index is 0.0221. The Morgan fingerprint density at radius 2 is 2.09 bits per heavy atom. The number of nitro groups is 1. The van der Waals surface area contributed by atoms with Crippen molar-refractivity contribution in [1.29, 1.82) is 0 Å². The van der Waals surface area contributed by atoms with Crippen molar-refractivity contribution in [1.82, 2.24) is 14.6 Å². The average Bonchev–Trinajstić information content (AvgIpc) is 2.93. The number of hydrogen-bond acceptors (Lipinski definition) is 6. The van der Waals surface area contributed by atoms with Gasteiger partial charge in [0, 0.05) is 23.9 Å². The molecule has 0 amide bonds. The van der Waals surface area contributed by atoms with Crippen LogP contribution < -0.4 is 5.73 Å². The average molecular weight is 313 g/mol. The molecule has 116 valence electrons. The number of aromatic carboxylic acids is 1. The molecule has 0 aliphatic heterocycles.